The first-order valence-corrected chi connectivity index (χ1v) is 8.22. The zero-order valence-corrected chi connectivity index (χ0v) is 11.7. The minimum Gasteiger partial charge on any atom is -0.397 e. The van der Waals surface area contributed by atoms with Crippen LogP contribution in [-0.2, 0) is 9.84 Å². The summed E-state index contributed by atoms with van der Waals surface area (Å²) >= 11 is 1.13. The summed E-state index contributed by atoms with van der Waals surface area (Å²) in [6.45, 7) is 0.0526. The predicted molar refractivity (Wildman–Crippen MR) is 73.9 cm³/mol. The van der Waals surface area contributed by atoms with Crippen molar-refractivity contribution in [3.05, 3.63) is 17.1 Å². The van der Waals surface area contributed by atoms with Gasteiger partial charge in [0.1, 0.15) is 19.5 Å². The Morgan fingerprint density at radius 1 is 1.53 bits per heavy atom. The predicted octanol–water partition coefficient (Wildman–Crippen LogP) is 0.0479. The van der Waals surface area contributed by atoms with Gasteiger partial charge in [0.05, 0.1) is 17.6 Å². The normalized spacial score (nSPS) is 11.6. The smallest absolute Gasteiger partial charge is 0.263 e. The molecule has 102 valence electrons. The van der Waals surface area contributed by atoms with Crippen LogP contribution in [0.4, 0.5) is 5.69 Å². The van der Waals surface area contributed by atoms with Gasteiger partial charge in [-0.05, 0) is 6.07 Å². The number of sulfone groups is 1. The molecule has 2 aromatic rings. The van der Waals surface area contributed by atoms with Gasteiger partial charge in [-0.2, -0.15) is 5.10 Å². The molecule has 0 aliphatic carbocycles. The van der Waals surface area contributed by atoms with Crippen LogP contribution in [0.15, 0.2) is 12.3 Å². The SMILES string of the molecule is CS(=O)(=O)CCNC(=O)c1sc2nnccc2c1N. The van der Waals surface area contributed by atoms with Gasteiger partial charge >= 0.3 is 0 Å². The summed E-state index contributed by atoms with van der Waals surface area (Å²) in [5.74, 6) is -0.507. The van der Waals surface area contributed by atoms with Crippen LogP contribution in [0.1, 0.15) is 9.67 Å². The second-order valence-electron chi connectivity index (χ2n) is 3.98. The Morgan fingerprint density at radius 3 is 2.89 bits per heavy atom. The number of nitrogens with two attached hydrogens (primary N) is 1. The van der Waals surface area contributed by atoms with E-state index in [1.54, 1.807) is 6.07 Å². The van der Waals surface area contributed by atoms with E-state index in [9.17, 15) is 13.2 Å². The fourth-order valence-electron chi connectivity index (χ4n) is 1.47. The van der Waals surface area contributed by atoms with Crippen LogP contribution >= 0.6 is 11.3 Å². The molecule has 0 fully saturated rings. The monoisotopic (exact) mass is 300 g/mol. The van der Waals surface area contributed by atoms with Crippen LogP contribution in [0.3, 0.4) is 0 Å². The summed E-state index contributed by atoms with van der Waals surface area (Å²) in [5.41, 5.74) is 6.20. The van der Waals surface area contributed by atoms with Gasteiger partial charge < -0.3 is 11.1 Å². The highest BCUT2D eigenvalue weighted by atomic mass is 32.2. The third kappa shape index (κ3) is 3.18. The second-order valence-corrected chi connectivity index (χ2v) is 7.24. The van der Waals surface area contributed by atoms with Crippen LogP contribution in [0, 0.1) is 0 Å². The second kappa shape index (κ2) is 5.10. The van der Waals surface area contributed by atoms with E-state index in [1.165, 1.54) is 6.20 Å². The summed E-state index contributed by atoms with van der Waals surface area (Å²) in [6.07, 6.45) is 2.61. The highest BCUT2D eigenvalue weighted by Crippen LogP contribution is 2.31. The maximum Gasteiger partial charge on any atom is 0.263 e. The highest BCUT2D eigenvalue weighted by Gasteiger charge is 2.17. The number of anilines is 1. The molecule has 0 spiro atoms. The lowest BCUT2D eigenvalue weighted by molar-refractivity contribution is 0.0961. The first-order valence-electron chi connectivity index (χ1n) is 5.34. The minimum atomic E-state index is -3.10. The number of rotatable bonds is 4. The number of hydrogen-bond acceptors (Lipinski definition) is 7. The molecular weight excluding hydrogens is 288 g/mol. The maximum absolute atomic E-state index is 11.9. The summed E-state index contributed by atoms with van der Waals surface area (Å²) in [5, 5.41) is 10.8. The Morgan fingerprint density at radius 2 is 2.26 bits per heavy atom. The number of nitrogens with one attached hydrogen (secondary N) is 1. The summed E-state index contributed by atoms with van der Waals surface area (Å²) in [7, 11) is -3.10. The van der Waals surface area contributed by atoms with Gasteiger partial charge in [-0.15, -0.1) is 16.4 Å². The molecule has 0 saturated carbocycles. The first kappa shape index (κ1) is 13.7. The Hall–Kier alpha value is -1.74. The fraction of sp³-hybridized carbons (Fsp3) is 0.300. The first-order chi connectivity index (χ1) is 8.88. The average Bonchev–Trinajstić information content (AvgIpc) is 2.66. The number of amides is 1. The number of carbonyl (C=O) groups is 1. The van der Waals surface area contributed by atoms with E-state index in [0.717, 1.165) is 17.6 Å². The molecule has 2 heterocycles. The van der Waals surface area contributed by atoms with Gasteiger partial charge in [-0.1, -0.05) is 0 Å². The zero-order valence-electron chi connectivity index (χ0n) is 10.1. The summed E-state index contributed by atoms with van der Waals surface area (Å²) in [6, 6.07) is 1.68. The Bertz CT molecular complexity index is 723. The Labute approximate surface area is 113 Å². The average molecular weight is 300 g/mol. The lowest BCUT2D eigenvalue weighted by Gasteiger charge is -2.03. The van der Waals surface area contributed by atoms with Crippen molar-refractivity contribution in [3.63, 3.8) is 0 Å². The molecule has 0 unspecified atom stereocenters. The van der Waals surface area contributed by atoms with Crippen molar-refractivity contribution < 1.29 is 13.2 Å². The molecule has 7 nitrogen and oxygen atoms in total. The van der Waals surface area contributed by atoms with Crippen molar-refractivity contribution in [1.29, 1.82) is 0 Å². The Kier molecular flexibility index (Phi) is 3.67. The molecule has 0 saturated heterocycles. The van der Waals surface area contributed by atoms with E-state index in [2.05, 4.69) is 15.5 Å². The molecule has 19 heavy (non-hydrogen) atoms. The van der Waals surface area contributed by atoms with Crippen LogP contribution in [-0.4, -0.2) is 43.1 Å². The fourth-order valence-corrected chi connectivity index (χ4v) is 2.90. The van der Waals surface area contributed by atoms with Crippen LogP contribution < -0.4 is 11.1 Å². The van der Waals surface area contributed by atoms with Crippen molar-refractivity contribution in [1.82, 2.24) is 15.5 Å². The molecule has 0 bridgehead atoms. The molecule has 0 aromatic carbocycles. The number of carbonyl (C=O) groups excluding carboxylic acids is 1. The largest absolute Gasteiger partial charge is 0.397 e. The van der Waals surface area contributed by atoms with E-state index in [0.29, 0.717) is 20.8 Å². The standard InChI is InChI=1S/C10H12N4O3S2/c1-19(16,17)5-4-12-9(15)8-7(11)6-2-3-13-14-10(6)18-8/h2-3H,4-5,11H2,1H3,(H,12,15). The van der Waals surface area contributed by atoms with E-state index < -0.39 is 15.7 Å². The third-order valence-electron chi connectivity index (χ3n) is 2.39. The van der Waals surface area contributed by atoms with Crippen molar-refractivity contribution in [2.24, 2.45) is 0 Å². The molecule has 0 aliphatic heterocycles. The quantitative estimate of drug-likeness (QED) is 0.824. The van der Waals surface area contributed by atoms with E-state index >= 15 is 0 Å². The molecule has 2 aromatic heterocycles. The van der Waals surface area contributed by atoms with Crippen LogP contribution in [0.2, 0.25) is 0 Å². The van der Waals surface area contributed by atoms with Crippen molar-refractivity contribution in [3.8, 4) is 0 Å². The van der Waals surface area contributed by atoms with Crippen molar-refractivity contribution >= 4 is 43.0 Å². The zero-order chi connectivity index (χ0) is 14.0. The van der Waals surface area contributed by atoms with Gasteiger partial charge in [0, 0.05) is 18.2 Å². The lowest BCUT2D eigenvalue weighted by atomic mass is 10.3. The minimum absolute atomic E-state index is 0.0526. The van der Waals surface area contributed by atoms with Crippen LogP contribution in [0.5, 0.6) is 0 Å². The van der Waals surface area contributed by atoms with Gasteiger partial charge in [0.25, 0.3) is 5.91 Å². The van der Waals surface area contributed by atoms with E-state index in [1.807, 2.05) is 0 Å². The summed E-state index contributed by atoms with van der Waals surface area (Å²) in [4.78, 5) is 12.8. The number of nitrogens with zero attached hydrogens (tertiary/aromatic N) is 2. The number of fused-ring (bicyclic) bond motifs is 1. The van der Waals surface area contributed by atoms with E-state index in [4.69, 9.17) is 5.73 Å². The van der Waals surface area contributed by atoms with Gasteiger partial charge in [0.2, 0.25) is 0 Å². The molecule has 3 N–H and O–H groups in total. The number of thiophene rings is 1. The number of aromatic nitrogens is 2. The van der Waals surface area contributed by atoms with Gasteiger partial charge in [0.15, 0.2) is 0 Å². The highest BCUT2D eigenvalue weighted by molar-refractivity contribution is 7.90. The molecule has 0 aliphatic rings. The molecule has 0 atom stereocenters. The molecule has 1 amide bonds. The van der Waals surface area contributed by atoms with Gasteiger partial charge in [-0.3, -0.25) is 4.79 Å². The lowest BCUT2D eigenvalue weighted by Crippen LogP contribution is -2.28. The van der Waals surface area contributed by atoms with Gasteiger partial charge in [-0.25, -0.2) is 8.42 Å². The van der Waals surface area contributed by atoms with Crippen molar-refractivity contribution in [2.45, 2.75) is 0 Å². The molecule has 0 radical (unpaired) electrons. The Balaban J connectivity index is 2.16. The number of nitrogen functional groups attached to an aromatic ring is 1. The number of hydrogen-bond donors (Lipinski definition) is 2. The maximum atomic E-state index is 11.9. The topological polar surface area (TPSA) is 115 Å². The third-order valence-corrected chi connectivity index (χ3v) is 4.44. The van der Waals surface area contributed by atoms with Crippen LogP contribution in [0.25, 0.3) is 10.2 Å². The molecule has 2 rings (SSSR count). The van der Waals surface area contributed by atoms with E-state index in [-0.39, 0.29) is 12.3 Å². The van der Waals surface area contributed by atoms with Crippen molar-refractivity contribution in [2.75, 3.05) is 24.3 Å². The molecular formula is C10H12N4O3S2. The molecule has 9 heteroatoms. The summed E-state index contributed by atoms with van der Waals surface area (Å²) < 4.78 is 21.9.